The van der Waals surface area contributed by atoms with Gasteiger partial charge in [0.1, 0.15) is 12.4 Å². The van der Waals surface area contributed by atoms with Crippen molar-refractivity contribution >= 4 is 11.9 Å². The molecule has 1 aromatic rings. The number of fused-ring (bicyclic) bond motifs is 1. The molecule has 2 aliphatic rings. The van der Waals surface area contributed by atoms with E-state index in [2.05, 4.69) is 0 Å². The molecule has 5 nitrogen and oxygen atoms in total. The maximum Gasteiger partial charge on any atom is 0.337 e. The van der Waals surface area contributed by atoms with E-state index < -0.39 is 12.0 Å². The van der Waals surface area contributed by atoms with Crippen LogP contribution in [0.5, 0.6) is 0 Å². The monoisotopic (exact) mass is 273 g/mol. The Labute approximate surface area is 116 Å². The lowest BCUT2D eigenvalue weighted by Gasteiger charge is -2.33. The van der Waals surface area contributed by atoms with Crippen LogP contribution in [0.3, 0.4) is 0 Å². The summed E-state index contributed by atoms with van der Waals surface area (Å²) in [6.07, 6.45) is 1.74. The quantitative estimate of drug-likeness (QED) is 0.620. The highest BCUT2D eigenvalue weighted by Crippen LogP contribution is 2.36. The summed E-state index contributed by atoms with van der Waals surface area (Å²) in [5, 5.41) is 0. The maximum absolute atomic E-state index is 12.2. The Bertz CT molecular complexity index is 566. The molecule has 1 unspecified atom stereocenters. The standard InChI is InChI=1S/C15H15NO4/c1-2-11-14(16-12(17)8-13(16)20-11)15(18)19-9-10-6-4-3-5-7-10/h2-7,13-14H,8-9H2,1H3/t13-,14?/m1/s1. The lowest BCUT2D eigenvalue weighted by molar-refractivity contribution is -0.166. The second-order valence-electron chi connectivity index (χ2n) is 4.76. The van der Waals surface area contributed by atoms with Crippen molar-refractivity contribution in [1.29, 1.82) is 0 Å². The van der Waals surface area contributed by atoms with Gasteiger partial charge in [-0.15, -0.1) is 0 Å². The van der Waals surface area contributed by atoms with Crippen LogP contribution in [0.15, 0.2) is 42.2 Å². The number of esters is 1. The Morgan fingerprint density at radius 1 is 1.45 bits per heavy atom. The van der Waals surface area contributed by atoms with Crippen LogP contribution < -0.4 is 0 Å². The summed E-state index contributed by atoms with van der Waals surface area (Å²) in [7, 11) is 0. The molecule has 20 heavy (non-hydrogen) atoms. The molecule has 0 bridgehead atoms. The molecule has 1 aromatic carbocycles. The van der Waals surface area contributed by atoms with Gasteiger partial charge in [0.05, 0.1) is 6.42 Å². The van der Waals surface area contributed by atoms with E-state index in [1.54, 1.807) is 13.0 Å². The molecule has 0 N–H and O–H groups in total. The van der Waals surface area contributed by atoms with Crippen molar-refractivity contribution in [3.63, 3.8) is 0 Å². The third-order valence-electron chi connectivity index (χ3n) is 3.50. The van der Waals surface area contributed by atoms with Crippen molar-refractivity contribution in [1.82, 2.24) is 4.90 Å². The van der Waals surface area contributed by atoms with Crippen LogP contribution in [0.1, 0.15) is 18.9 Å². The predicted molar refractivity (Wildman–Crippen MR) is 70.1 cm³/mol. The Morgan fingerprint density at radius 2 is 2.20 bits per heavy atom. The van der Waals surface area contributed by atoms with Crippen LogP contribution in [0.4, 0.5) is 0 Å². The molecular formula is C15H15NO4. The number of nitrogens with zero attached hydrogens (tertiary/aromatic N) is 1. The number of amides is 1. The highest BCUT2D eigenvalue weighted by atomic mass is 16.6. The average Bonchev–Trinajstić information content (AvgIpc) is 2.78. The molecule has 5 heteroatoms. The molecule has 0 radical (unpaired) electrons. The summed E-state index contributed by atoms with van der Waals surface area (Å²) < 4.78 is 10.8. The Hall–Kier alpha value is -2.30. The molecule has 104 valence electrons. The second-order valence-corrected chi connectivity index (χ2v) is 4.76. The lowest BCUT2D eigenvalue weighted by atomic mass is 10.1. The van der Waals surface area contributed by atoms with E-state index in [9.17, 15) is 9.59 Å². The largest absolute Gasteiger partial charge is 0.472 e. The first-order valence-corrected chi connectivity index (χ1v) is 6.55. The van der Waals surface area contributed by atoms with Gasteiger partial charge in [0, 0.05) is 0 Å². The van der Waals surface area contributed by atoms with Crippen LogP contribution in [-0.2, 0) is 25.7 Å². The van der Waals surface area contributed by atoms with E-state index >= 15 is 0 Å². The minimum absolute atomic E-state index is 0.0755. The van der Waals surface area contributed by atoms with Crippen LogP contribution in [0, 0.1) is 0 Å². The first kappa shape index (κ1) is 12.7. The van der Waals surface area contributed by atoms with Gasteiger partial charge in [0.25, 0.3) is 0 Å². The zero-order valence-corrected chi connectivity index (χ0v) is 11.1. The molecule has 2 fully saturated rings. The number of hydrogen-bond acceptors (Lipinski definition) is 4. The minimum Gasteiger partial charge on any atom is -0.472 e. The van der Waals surface area contributed by atoms with Crippen molar-refractivity contribution in [2.24, 2.45) is 0 Å². The van der Waals surface area contributed by atoms with E-state index in [0.29, 0.717) is 12.2 Å². The molecule has 0 aromatic heterocycles. The first-order chi connectivity index (χ1) is 9.70. The molecular weight excluding hydrogens is 258 g/mol. The molecule has 0 spiro atoms. The number of hydrogen-bond donors (Lipinski definition) is 0. The average molecular weight is 273 g/mol. The smallest absolute Gasteiger partial charge is 0.337 e. The highest BCUT2D eigenvalue weighted by Gasteiger charge is 2.54. The number of carbonyl (C=O) groups excluding carboxylic acids is 2. The van der Waals surface area contributed by atoms with Crippen LogP contribution in [0.2, 0.25) is 0 Å². The number of β-lactam (4-membered cyclic amide) rings is 1. The molecule has 2 saturated heterocycles. The highest BCUT2D eigenvalue weighted by molar-refractivity contribution is 5.91. The number of benzene rings is 1. The summed E-state index contributed by atoms with van der Waals surface area (Å²) in [6.45, 7) is 1.98. The van der Waals surface area contributed by atoms with E-state index in [1.165, 1.54) is 4.90 Å². The third-order valence-corrected chi connectivity index (χ3v) is 3.50. The van der Waals surface area contributed by atoms with Crippen LogP contribution in [0.25, 0.3) is 0 Å². The van der Waals surface area contributed by atoms with E-state index in [0.717, 1.165) is 5.56 Å². The molecule has 2 aliphatic heterocycles. The summed E-state index contributed by atoms with van der Waals surface area (Å²) in [5.41, 5.74) is 0.910. The van der Waals surface area contributed by atoms with Gasteiger partial charge >= 0.3 is 5.97 Å². The molecule has 0 aliphatic carbocycles. The van der Waals surface area contributed by atoms with Crippen molar-refractivity contribution in [2.45, 2.75) is 32.2 Å². The van der Waals surface area contributed by atoms with Crippen molar-refractivity contribution in [2.75, 3.05) is 0 Å². The Kier molecular flexibility index (Phi) is 3.18. The fourth-order valence-electron chi connectivity index (χ4n) is 2.43. The molecule has 1 amide bonds. The summed E-state index contributed by atoms with van der Waals surface area (Å²) >= 11 is 0. The van der Waals surface area contributed by atoms with Gasteiger partial charge in [-0.2, -0.15) is 0 Å². The SMILES string of the molecule is CC=C1O[C@@H]2CC(=O)N2C1C(=O)OCc1ccccc1. The minimum atomic E-state index is -0.727. The van der Waals surface area contributed by atoms with Gasteiger partial charge in [0.15, 0.2) is 12.3 Å². The fourth-order valence-corrected chi connectivity index (χ4v) is 2.43. The van der Waals surface area contributed by atoms with E-state index in [-0.39, 0.29) is 18.7 Å². The van der Waals surface area contributed by atoms with E-state index in [1.807, 2.05) is 30.3 Å². The van der Waals surface area contributed by atoms with Gasteiger partial charge in [-0.25, -0.2) is 4.79 Å². The van der Waals surface area contributed by atoms with Gasteiger partial charge in [-0.1, -0.05) is 30.3 Å². The number of carbonyl (C=O) groups is 2. The van der Waals surface area contributed by atoms with E-state index in [4.69, 9.17) is 9.47 Å². The van der Waals surface area contributed by atoms with Crippen molar-refractivity contribution in [3.05, 3.63) is 47.7 Å². The van der Waals surface area contributed by atoms with Crippen molar-refractivity contribution in [3.8, 4) is 0 Å². The number of rotatable bonds is 3. The zero-order chi connectivity index (χ0) is 14.1. The number of allylic oxidation sites excluding steroid dienone is 1. The maximum atomic E-state index is 12.2. The summed E-state index contributed by atoms with van der Waals surface area (Å²) in [6, 6.07) is 8.70. The van der Waals surface area contributed by atoms with Crippen LogP contribution >= 0.6 is 0 Å². The molecule has 2 atom stereocenters. The van der Waals surface area contributed by atoms with Gasteiger partial charge < -0.3 is 9.47 Å². The van der Waals surface area contributed by atoms with Gasteiger partial charge in [0.2, 0.25) is 5.91 Å². The molecule has 3 rings (SSSR count). The zero-order valence-electron chi connectivity index (χ0n) is 11.1. The fraction of sp³-hybridized carbons (Fsp3) is 0.333. The topological polar surface area (TPSA) is 55.8 Å². The molecule has 0 saturated carbocycles. The lowest BCUT2D eigenvalue weighted by Crippen LogP contribution is -2.55. The second kappa shape index (κ2) is 5.00. The Morgan fingerprint density at radius 3 is 2.85 bits per heavy atom. The van der Waals surface area contributed by atoms with Gasteiger partial charge in [-0.05, 0) is 18.6 Å². The van der Waals surface area contributed by atoms with Crippen molar-refractivity contribution < 1.29 is 19.1 Å². The molecule has 2 heterocycles. The Balaban J connectivity index is 1.68. The summed E-state index contributed by atoms with van der Waals surface area (Å²) in [5.74, 6) is -0.0232. The predicted octanol–water partition coefficient (Wildman–Crippen LogP) is 1.59. The first-order valence-electron chi connectivity index (χ1n) is 6.55. The third kappa shape index (κ3) is 2.05. The number of ether oxygens (including phenoxy) is 2. The van der Waals surface area contributed by atoms with Crippen LogP contribution in [-0.4, -0.2) is 29.0 Å². The normalized spacial score (nSPS) is 25.9. The summed E-state index contributed by atoms with van der Waals surface area (Å²) in [4.78, 5) is 25.2. The van der Waals surface area contributed by atoms with Gasteiger partial charge in [-0.3, -0.25) is 9.69 Å².